The molecule has 2 heterocycles. The van der Waals surface area contributed by atoms with Crippen molar-refractivity contribution in [2.24, 2.45) is 0 Å². The number of hydrogen-bond acceptors (Lipinski definition) is 9. The summed E-state index contributed by atoms with van der Waals surface area (Å²) in [4.78, 5) is 0. The predicted octanol–water partition coefficient (Wildman–Crippen LogP) is 4.06. The van der Waals surface area contributed by atoms with E-state index in [1.165, 1.54) is 5.38 Å². The van der Waals surface area contributed by atoms with Crippen molar-refractivity contribution in [1.82, 2.24) is 13.5 Å². The van der Waals surface area contributed by atoms with Crippen LogP contribution in [0.25, 0.3) is 0 Å². The van der Waals surface area contributed by atoms with Crippen molar-refractivity contribution in [3.05, 3.63) is 33.6 Å². The molecule has 0 aliphatic carbocycles. The van der Waals surface area contributed by atoms with Crippen LogP contribution in [-0.2, 0) is 10.0 Å². The second kappa shape index (κ2) is 8.37. The first-order valence-electron chi connectivity index (χ1n) is 7.61. The molecule has 1 unspecified atom stereocenters. The molecule has 0 spiro atoms. The third-order valence-corrected chi connectivity index (χ3v) is 7.89. The highest BCUT2D eigenvalue weighted by Gasteiger charge is 2.25. The first kappa shape index (κ1) is 21.0. The zero-order valence-corrected chi connectivity index (χ0v) is 18.0. The quantitative estimate of drug-likeness (QED) is 0.370. The topological polar surface area (TPSA) is 139 Å². The van der Waals surface area contributed by atoms with Gasteiger partial charge in [-0.3, -0.25) is 0 Å². The van der Waals surface area contributed by atoms with Gasteiger partial charge < -0.3 is 20.3 Å². The maximum Gasteiger partial charge on any atom is 0.253 e. The van der Waals surface area contributed by atoms with Crippen molar-refractivity contribution in [3.63, 3.8) is 0 Å². The number of thiophene rings is 1. The van der Waals surface area contributed by atoms with Crippen LogP contribution in [0, 0.1) is 0 Å². The first-order chi connectivity index (χ1) is 13.2. The number of nitrogens with one attached hydrogen (secondary N) is 3. The van der Waals surface area contributed by atoms with Crippen molar-refractivity contribution in [3.8, 4) is 5.75 Å². The number of hydrogen-bond donors (Lipinski definition) is 4. The molecule has 9 nitrogen and oxygen atoms in total. The van der Waals surface area contributed by atoms with Crippen LogP contribution in [-0.4, -0.2) is 33.4 Å². The lowest BCUT2D eigenvalue weighted by Crippen LogP contribution is -2.22. The molecule has 3 rings (SSSR count). The van der Waals surface area contributed by atoms with Crippen LogP contribution < -0.4 is 15.4 Å². The molecular formula is C14H13Cl2N5O4S3. The van der Waals surface area contributed by atoms with E-state index in [0.29, 0.717) is 10.7 Å². The lowest BCUT2D eigenvalue weighted by Gasteiger charge is -2.07. The van der Waals surface area contributed by atoms with Gasteiger partial charge in [-0.05, 0) is 12.1 Å². The van der Waals surface area contributed by atoms with Crippen molar-refractivity contribution in [2.75, 3.05) is 17.2 Å². The lowest BCUT2D eigenvalue weighted by molar-refractivity contribution is 0.465. The van der Waals surface area contributed by atoms with Crippen molar-refractivity contribution >= 4 is 78.7 Å². The van der Waals surface area contributed by atoms with Gasteiger partial charge in [0.25, 0.3) is 10.0 Å². The first-order valence-corrected chi connectivity index (χ1v) is 11.8. The van der Waals surface area contributed by atoms with Crippen LogP contribution >= 0.6 is 45.7 Å². The summed E-state index contributed by atoms with van der Waals surface area (Å²) in [5.74, 6) is -0.356. The molecule has 150 valence electrons. The van der Waals surface area contributed by atoms with E-state index in [4.69, 9.17) is 23.2 Å². The average molecular weight is 482 g/mol. The van der Waals surface area contributed by atoms with Gasteiger partial charge in [0.2, 0.25) is 11.6 Å². The van der Waals surface area contributed by atoms with Gasteiger partial charge in [0.1, 0.15) is 0 Å². The van der Waals surface area contributed by atoms with Crippen LogP contribution in [0.15, 0.2) is 27.8 Å². The summed E-state index contributed by atoms with van der Waals surface area (Å²) in [6, 6.07) is 4.90. The summed E-state index contributed by atoms with van der Waals surface area (Å²) in [7, 11) is -3.84. The highest BCUT2D eigenvalue weighted by Crippen LogP contribution is 2.41. The zero-order valence-electron chi connectivity index (χ0n) is 14.1. The van der Waals surface area contributed by atoms with Crippen LogP contribution in [0.1, 0.15) is 6.92 Å². The van der Waals surface area contributed by atoms with Crippen LogP contribution in [0.3, 0.4) is 0 Å². The SMILES string of the molecule is CCNS(=O)(=O)c1scc(Nc2n[s+]([O-])nc2Nc2cccc(Cl)c2Cl)c1O. The van der Waals surface area contributed by atoms with E-state index in [1.54, 1.807) is 25.1 Å². The van der Waals surface area contributed by atoms with Gasteiger partial charge in [0.15, 0.2) is 21.1 Å². The van der Waals surface area contributed by atoms with Gasteiger partial charge in [-0.15, -0.1) is 11.3 Å². The zero-order chi connectivity index (χ0) is 20.5. The van der Waals surface area contributed by atoms with E-state index in [2.05, 4.69) is 24.1 Å². The Balaban J connectivity index is 1.91. The normalized spacial score (nSPS) is 12.2. The van der Waals surface area contributed by atoms with E-state index < -0.39 is 26.9 Å². The van der Waals surface area contributed by atoms with E-state index in [-0.39, 0.29) is 33.1 Å². The standard InChI is InChI=1S/C14H13Cl2N5O4S3/c1-2-17-28(24,25)14-11(22)9(6-26-14)19-13-12(20-27(23)21-13)18-8-5-3-4-7(15)10(8)16/h3-6,17,22H,2H2,1H3,(H,18,20)(H,19,21). The number of aromatic nitrogens is 2. The third kappa shape index (κ3) is 4.33. The summed E-state index contributed by atoms with van der Waals surface area (Å²) in [6.07, 6.45) is 0. The molecular weight excluding hydrogens is 469 g/mol. The van der Waals surface area contributed by atoms with Crippen LogP contribution in [0.5, 0.6) is 5.75 Å². The Hall–Kier alpha value is -1.67. The summed E-state index contributed by atoms with van der Waals surface area (Å²) < 4.78 is 45.7. The van der Waals surface area contributed by atoms with Gasteiger partial charge in [-0.1, -0.05) is 36.2 Å². The fourth-order valence-corrected chi connectivity index (χ4v) is 5.44. The molecule has 14 heteroatoms. The highest BCUT2D eigenvalue weighted by atomic mass is 35.5. The molecule has 2 aromatic heterocycles. The number of sulfonamides is 1. The Morgan fingerprint density at radius 1 is 1.21 bits per heavy atom. The maximum atomic E-state index is 12.1. The molecule has 0 saturated heterocycles. The molecule has 28 heavy (non-hydrogen) atoms. The molecule has 0 bridgehead atoms. The number of benzene rings is 1. The minimum Gasteiger partial charge on any atom is -0.546 e. The molecule has 4 N–H and O–H groups in total. The van der Waals surface area contributed by atoms with Crippen LogP contribution in [0.4, 0.5) is 23.0 Å². The van der Waals surface area contributed by atoms with Gasteiger partial charge in [-0.25, -0.2) is 13.1 Å². The Morgan fingerprint density at radius 2 is 1.86 bits per heavy atom. The molecule has 1 atom stereocenters. The van der Waals surface area contributed by atoms with E-state index in [0.717, 1.165) is 11.3 Å². The Kier molecular flexibility index (Phi) is 6.29. The second-order valence-electron chi connectivity index (χ2n) is 5.25. The molecule has 0 saturated carbocycles. The summed E-state index contributed by atoms with van der Waals surface area (Å²) in [5, 5.41) is 17.8. The number of nitrogens with zero attached hydrogens (tertiary/aromatic N) is 2. The largest absolute Gasteiger partial charge is 0.546 e. The number of aromatic hydroxyl groups is 1. The minimum absolute atomic E-state index is 0.0369. The maximum absolute atomic E-state index is 12.1. The Labute approximate surface area is 177 Å². The highest BCUT2D eigenvalue weighted by molar-refractivity contribution is 7.91. The van der Waals surface area contributed by atoms with Crippen LogP contribution in [0.2, 0.25) is 10.0 Å². The Morgan fingerprint density at radius 3 is 2.50 bits per heavy atom. The van der Waals surface area contributed by atoms with Crippen molar-refractivity contribution in [2.45, 2.75) is 11.1 Å². The summed E-state index contributed by atoms with van der Waals surface area (Å²) in [5.41, 5.74) is 0.483. The van der Waals surface area contributed by atoms with Gasteiger partial charge in [0, 0.05) is 20.7 Å². The lowest BCUT2D eigenvalue weighted by atomic mass is 10.3. The molecule has 0 aliphatic heterocycles. The number of halogens is 2. The third-order valence-electron chi connectivity index (χ3n) is 3.33. The summed E-state index contributed by atoms with van der Waals surface area (Å²) >= 11 is 11.0. The van der Waals surface area contributed by atoms with E-state index >= 15 is 0 Å². The van der Waals surface area contributed by atoms with Gasteiger partial charge >= 0.3 is 0 Å². The number of anilines is 4. The molecule has 0 fully saturated rings. The van der Waals surface area contributed by atoms with E-state index in [9.17, 15) is 18.1 Å². The fourth-order valence-electron chi connectivity index (χ4n) is 2.15. The van der Waals surface area contributed by atoms with Crippen molar-refractivity contribution < 1.29 is 18.1 Å². The van der Waals surface area contributed by atoms with E-state index in [1.807, 2.05) is 0 Å². The molecule has 0 aliphatic rings. The smallest absolute Gasteiger partial charge is 0.253 e. The van der Waals surface area contributed by atoms with Gasteiger partial charge in [-0.2, -0.15) is 0 Å². The second-order valence-corrected chi connectivity index (χ2v) is 9.70. The van der Waals surface area contributed by atoms with Crippen molar-refractivity contribution in [1.29, 1.82) is 0 Å². The van der Waals surface area contributed by atoms with Gasteiger partial charge in [0.05, 0.1) is 21.4 Å². The fraction of sp³-hybridized carbons (Fsp3) is 0.143. The minimum atomic E-state index is -3.84. The Bertz CT molecular complexity index is 1120. The molecule has 0 amide bonds. The monoisotopic (exact) mass is 481 g/mol. The molecule has 0 radical (unpaired) electrons. The molecule has 3 aromatic rings. The molecule has 1 aromatic carbocycles. The average Bonchev–Trinajstić information content (AvgIpc) is 3.15. The summed E-state index contributed by atoms with van der Waals surface area (Å²) in [6.45, 7) is 1.80. The predicted molar refractivity (Wildman–Crippen MR) is 111 cm³/mol. The number of rotatable bonds is 7.